The normalized spacial score (nSPS) is 17.5. The minimum absolute atomic E-state index is 0.424. The highest BCUT2D eigenvalue weighted by atomic mass is 15.2. The third-order valence-corrected chi connectivity index (χ3v) is 4.29. The summed E-state index contributed by atoms with van der Waals surface area (Å²) in [5.74, 6) is 1.84. The largest absolute Gasteiger partial charge is 0.355 e. The molecule has 0 radical (unpaired) electrons. The van der Waals surface area contributed by atoms with E-state index in [1.165, 1.54) is 12.8 Å². The number of hydrogen-bond donors (Lipinski definition) is 1. The van der Waals surface area contributed by atoms with E-state index in [1.807, 2.05) is 12.4 Å². The van der Waals surface area contributed by atoms with Gasteiger partial charge in [-0.05, 0) is 30.7 Å². The minimum Gasteiger partial charge on any atom is -0.355 e. The van der Waals surface area contributed by atoms with E-state index < -0.39 is 0 Å². The van der Waals surface area contributed by atoms with Gasteiger partial charge in [0.2, 0.25) is 0 Å². The Morgan fingerprint density at radius 1 is 1.20 bits per heavy atom. The van der Waals surface area contributed by atoms with Crippen molar-refractivity contribution < 1.29 is 0 Å². The van der Waals surface area contributed by atoms with Gasteiger partial charge in [0.15, 0.2) is 0 Å². The number of nitrogens with zero attached hydrogens (tertiary/aromatic N) is 3. The molecule has 1 N–H and O–H groups in total. The molecule has 0 spiro atoms. The van der Waals surface area contributed by atoms with Gasteiger partial charge in [-0.1, -0.05) is 27.7 Å². The monoisotopic (exact) mass is 276 g/mol. The minimum atomic E-state index is 0.424. The SMILES string of the molecule is CCNCc1cnc(N2CCC(C(C)(C)C)CC2)cn1. The summed E-state index contributed by atoms with van der Waals surface area (Å²) >= 11 is 0. The lowest BCUT2D eigenvalue weighted by Gasteiger charge is -2.39. The maximum atomic E-state index is 4.57. The van der Waals surface area contributed by atoms with Gasteiger partial charge >= 0.3 is 0 Å². The van der Waals surface area contributed by atoms with Crippen molar-refractivity contribution in [2.75, 3.05) is 24.5 Å². The Labute approximate surface area is 123 Å². The summed E-state index contributed by atoms with van der Waals surface area (Å²) in [5, 5.41) is 3.27. The van der Waals surface area contributed by atoms with Gasteiger partial charge in [0.25, 0.3) is 0 Å². The van der Waals surface area contributed by atoms with Crippen molar-refractivity contribution in [1.29, 1.82) is 0 Å². The molecule has 0 atom stereocenters. The fraction of sp³-hybridized carbons (Fsp3) is 0.750. The Bertz CT molecular complexity index is 399. The van der Waals surface area contributed by atoms with E-state index >= 15 is 0 Å². The lowest BCUT2D eigenvalue weighted by molar-refractivity contribution is 0.198. The maximum absolute atomic E-state index is 4.57. The van der Waals surface area contributed by atoms with Crippen molar-refractivity contribution in [3.8, 4) is 0 Å². The first-order valence-corrected chi connectivity index (χ1v) is 7.77. The Hall–Kier alpha value is -1.16. The zero-order chi connectivity index (χ0) is 14.6. The molecule has 112 valence electrons. The molecule has 2 rings (SSSR count). The number of anilines is 1. The van der Waals surface area contributed by atoms with Crippen LogP contribution in [0.15, 0.2) is 12.4 Å². The van der Waals surface area contributed by atoms with Crippen LogP contribution >= 0.6 is 0 Å². The van der Waals surface area contributed by atoms with E-state index in [1.54, 1.807) is 0 Å². The average Bonchev–Trinajstić information content (AvgIpc) is 2.45. The summed E-state index contributed by atoms with van der Waals surface area (Å²) < 4.78 is 0. The summed E-state index contributed by atoms with van der Waals surface area (Å²) in [4.78, 5) is 11.4. The van der Waals surface area contributed by atoms with Gasteiger partial charge in [0, 0.05) is 19.6 Å². The fourth-order valence-corrected chi connectivity index (χ4v) is 2.83. The van der Waals surface area contributed by atoms with E-state index in [-0.39, 0.29) is 0 Å². The number of piperidine rings is 1. The highest BCUT2D eigenvalue weighted by Crippen LogP contribution is 2.35. The molecule has 4 heteroatoms. The molecule has 0 bridgehead atoms. The first-order chi connectivity index (χ1) is 9.50. The molecule has 1 aliphatic heterocycles. The number of rotatable bonds is 4. The topological polar surface area (TPSA) is 41.1 Å². The predicted molar refractivity (Wildman–Crippen MR) is 83.8 cm³/mol. The van der Waals surface area contributed by atoms with Crippen molar-refractivity contribution in [3.05, 3.63) is 18.1 Å². The van der Waals surface area contributed by atoms with Crippen molar-refractivity contribution in [2.24, 2.45) is 11.3 Å². The summed E-state index contributed by atoms with van der Waals surface area (Å²) in [6.07, 6.45) is 6.33. The van der Waals surface area contributed by atoms with Gasteiger partial charge in [-0.25, -0.2) is 4.98 Å². The highest BCUT2D eigenvalue weighted by Gasteiger charge is 2.29. The molecule has 0 amide bonds. The second kappa shape index (κ2) is 6.53. The Morgan fingerprint density at radius 2 is 1.90 bits per heavy atom. The van der Waals surface area contributed by atoms with Gasteiger partial charge in [0.05, 0.1) is 18.1 Å². The molecular formula is C16H28N4. The Kier molecular flexibility index (Phi) is 4.97. The molecule has 2 heterocycles. The zero-order valence-corrected chi connectivity index (χ0v) is 13.3. The molecule has 0 unspecified atom stereocenters. The van der Waals surface area contributed by atoms with Gasteiger partial charge in [-0.3, -0.25) is 4.98 Å². The van der Waals surface area contributed by atoms with Crippen LogP contribution in [0.2, 0.25) is 0 Å². The summed E-state index contributed by atoms with van der Waals surface area (Å²) in [7, 11) is 0. The molecular weight excluding hydrogens is 248 g/mol. The molecule has 0 saturated carbocycles. The molecule has 1 aromatic heterocycles. The van der Waals surface area contributed by atoms with Gasteiger partial charge < -0.3 is 10.2 Å². The molecule has 1 saturated heterocycles. The lowest BCUT2D eigenvalue weighted by Crippen LogP contribution is -2.38. The lowest BCUT2D eigenvalue weighted by atomic mass is 9.75. The summed E-state index contributed by atoms with van der Waals surface area (Å²) in [5.41, 5.74) is 1.44. The number of nitrogens with one attached hydrogen (secondary N) is 1. The second-order valence-corrected chi connectivity index (χ2v) is 6.77. The van der Waals surface area contributed by atoms with Crippen molar-refractivity contribution in [3.63, 3.8) is 0 Å². The van der Waals surface area contributed by atoms with E-state index in [9.17, 15) is 0 Å². The van der Waals surface area contributed by atoms with Crippen LogP contribution in [0.5, 0.6) is 0 Å². The van der Waals surface area contributed by atoms with Crippen molar-refractivity contribution in [1.82, 2.24) is 15.3 Å². The van der Waals surface area contributed by atoms with E-state index in [4.69, 9.17) is 0 Å². The van der Waals surface area contributed by atoms with Gasteiger partial charge in [-0.15, -0.1) is 0 Å². The maximum Gasteiger partial charge on any atom is 0.147 e. The van der Waals surface area contributed by atoms with Crippen LogP contribution < -0.4 is 10.2 Å². The fourth-order valence-electron chi connectivity index (χ4n) is 2.83. The quantitative estimate of drug-likeness (QED) is 0.918. The van der Waals surface area contributed by atoms with Crippen LogP contribution in [0, 0.1) is 11.3 Å². The molecule has 1 aromatic rings. The third-order valence-electron chi connectivity index (χ3n) is 4.29. The van der Waals surface area contributed by atoms with E-state index in [0.717, 1.165) is 43.6 Å². The van der Waals surface area contributed by atoms with Crippen molar-refractivity contribution in [2.45, 2.75) is 47.1 Å². The van der Waals surface area contributed by atoms with Crippen LogP contribution in [0.4, 0.5) is 5.82 Å². The van der Waals surface area contributed by atoms with Crippen LogP contribution in [0.1, 0.15) is 46.2 Å². The predicted octanol–water partition coefficient (Wildman–Crippen LogP) is 2.85. The average molecular weight is 276 g/mol. The molecule has 1 aliphatic rings. The van der Waals surface area contributed by atoms with Crippen LogP contribution in [-0.2, 0) is 6.54 Å². The van der Waals surface area contributed by atoms with Crippen LogP contribution in [0.3, 0.4) is 0 Å². The van der Waals surface area contributed by atoms with Gasteiger partial charge in [0.1, 0.15) is 5.82 Å². The van der Waals surface area contributed by atoms with Crippen molar-refractivity contribution >= 4 is 5.82 Å². The summed E-state index contributed by atoms with van der Waals surface area (Å²) in [6.45, 7) is 13.1. The molecule has 0 aliphatic carbocycles. The van der Waals surface area contributed by atoms with Crippen LogP contribution in [-0.4, -0.2) is 29.6 Å². The van der Waals surface area contributed by atoms with Gasteiger partial charge in [-0.2, -0.15) is 0 Å². The summed E-state index contributed by atoms with van der Waals surface area (Å²) in [6, 6.07) is 0. The molecule has 0 aromatic carbocycles. The van der Waals surface area contributed by atoms with Crippen LogP contribution in [0.25, 0.3) is 0 Å². The smallest absolute Gasteiger partial charge is 0.147 e. The zero-order valence-electron chi connectivity index (χ0n) is 13.3. The highest BCUT2D eigenvalue weighted by molar-refractivity contribution is 5.36. The number of aromatic nitrogens is 2. The molecule has 4 nitrogen and oxygen atoms in total. The molecule has 1 fully saturated rings. The van der Waals surface area contributed by atoms with E-state index in [0.29, 0.717) is 5.41 Å². The second-order valence-electron chi connectivity index (χ2n) is 6.77. The Balaban J connectivity index is 1.90. The standard InChI is InChI=1S/C16H28N4/c1-5-17-10-14-11-19-15(12-18-14)20-8-6-13(7-9-20)16(2,3)4/h11-13,17H,5-10H2,1-4H3. The number of hydrogen-bond acceptors (Lipinski definition) is 4. The first kappa shape index (κ1) is 15.2. The Morgan fingerprint density at radius 3 is 2.40 bits per heavy atom. The first-order valence-electron chi connectivity index (χ1n) is 7.77. The third kappa shape index (κ3) is 3.92. The van der Waals surface area contributed by atoms with E-state index in [2.05, 4.69) is 47.9 Å². The molecule has 20 heavy (non-hydrogen) atoms.